The van der Waals surface area contributed by atoms with Crippen LogP contribution in [0.4, 0.5) is 5.69 Å². The van der Waals surface area contributed by atoms with Crippen LogP contribution in [0.3, 0.4) is 0 Å². The molecule has 1 aliphatic carbocycles. The zero-order valence-electron chi connectivity index (χ0n) is 20.0. The highest BCUT2D eigenvalue weighted by Crippen LogP contribution is 2.55. The van der Waals surface area contributed by atoms with Crippen molar-refractivity contribution < 1.29 is 14.3 Å². The molecular formula is C27H30ClN3O3. The van der Waals surface area contributed by atoms with E-state index in [1.54, 1.807) is 18.2 Å². The summed E-state index contributed by atoms with van der Waals surface area (Å²) in [6.45, 7) is 9.91. The van der Waals surface area contributed by atoms with E-state index in [1.165, 1.54) is 0 Å². The zero-order chi connectivity index (χ0) is 24.7. The van der Waals surface area contributed by atoms with E-state index in [0.29, 0.717) is 21.9 Å². The second-order valence-corrected chi connectivity index (χ2v) is 10.9. The monoisotopic (exact) mass is 479 g/mol. The molecule has 178 valence electrons. The van der Waals surface area contributed by atoms with Crippen LogP contribution in [-0.4, -0.2) is 37.4 Å². The summed E-state index contributed by atoms with van der Waals surface area (Å²) in [5.41, 5.74) is 1.40. The molecule has 1 aliphatic heterocycles. The van der Waals surface area contributed by atoms with Crippen LogP contribution < -0.4 is 15.0 Å². The second-order valence-electron chi connectivity index (χ2n) is 10.5. The van der Waals surface area contributed by atoms with E-state index in [2.05, 4.69) is 44.0 Å². The number of carbonyl (C=O) groups is 2. The molecule has 1 N–H and O–H groups in total. The highest BCUT2D eigenvalue weighted by molar-refractivity contribution is 6.31. The Bertz CT molecular complexity index is 1120. The minimum Gasteiger partial charge on any atom is -0.489 e. The summed E-state index contributed by atoms with van der Waals surface area (Å²) < 4.78 is 6.29. The average Bonchev–Trinajstić information content (AvgIpc) is 3.30. The maximum atomic E-state index is 13.1. The molecule has 0 spiro atoms. The number of carbonyl (C=O) groups excluding carboxylic acids is 2. The molecule has 1 unspecified atom stereocenters. The van der Waals surface area contributed by atoms with Gasteiger partial charge >= 0.3 is 0 Å². The molecule has 0 radical (unpaired) electrons. The molecular weight excluding hydrogens is 450 g/mol. The third kappa shape index (κ3) is 4.25. The first kappa shape index (κ1) is 24.1. The number of ether oxygens (including phenoxy) is 1. The van der Waals surface area contributed by atoms with Crippen LogP contribution in [0.2, 0.25) is 5.02 Å². The first-order valence-electron chi connectivity index (χ1n) is 11.6. The summed E-state index contributed by atoms with van der Waals surface area (Å²) in [6, 6.07) is 14.6. The quantitative estimate of drug-likeness (QED) is 0.599. The van der Waals surface area contributed by atoms with E-state index in [4.69, 9.17) is 21.6 Å². The highest BCUT2D eigenvalue weighted by atomic mass is 35.5. The fourth-order valence-electron chi connectivity index (χ4n) is 5.77. The number of nitriles is 1. The van der Waals surface area contributed by atoms with Crippen LogP contribution in [-0.2, 0) is 4.79 Å². The van der Waals surface area contributed by atoms with E-state index in [9.17, 15) is 9.59 Å². The number of halogens is 1. The fraction of sp³-hybridized carbons (Fsp3) is 0.444. The number of hydrogen-bond donors (Lipinski definition) is 1. The van der Waals surface area contributed by atoms with E-state index in [1.807, 2.05) is 24.3 Å². The predicted molar refractivity (Wildman–Crippen MR) is 132 cm³/mol. The fourth-order valence-corrected chi connectivity index (χ4v) is 5.98. The number of nitrogens with one attached hydrogen (secondary N) is 1. The van der Waals surface area contributed by atoms with Crippen LogP contribution in [0.25, 0.3) is 0 Å². The Morgan fingerprint density at radius 2 is 1.85 bits per heavy atom. The standard InChI is InChI=1S/C27H30ClN3O3/c1-26(2)24(27(3,4)25(26)34-21-10-7-19(14-29)22(28)13-21)30-23(33)18-5-8-20(9-6-18)31-12-11-17(15-31)16-32/h5-10,13,16-17,24-25H,11-12,15H2,1-4H3,(H,30,33). The lowest BCUT2D eigenvalue weighted by Gasteiger charge is -2.63. The van der Waals surface area contributed by atoms with Gasteiger partial charge in [0.05, 0.1) is 10.6 Å². The Hall–Kier alpha value is -3.04. The molecule has 1 atom stereocenters. The van der Waals surface area contributed by atoms with Crippen LogP contribution in [0.15, 0.2) is 42.5 Å². The van der Waals surface area contributed by atoms with Crippen molar-refractivity contribution in [1.29, 1.82) is 5.26 Å². The molecule has 4 rings (SSSR count). The largest absolute Gasteiger partial charge is 0.489 e. The number of anilines is 1. The van der Waals surface area contributed by atoms with Gasteiger partial charge in [-0.05, 0) is 42.8 Å². The lowest BCUT2D eigenvalue weighted by atomic mass is 9.49. The molecule has 1 saturated carbocycles. The first-order valence-corrected chi connectivity index (χ1v) is 11.9. The molecule has 6 nitrogen and oxygen atoms in total. The van der Waals surface area contributed by atoms with Gasteiger partial charge in [-0.15, -0.1) is 0 Å². The van der Waals surface area contributed by atoms with Crippen molar-refractivity contribution in [2.75, 3.05) is 18.0 Å². The molecule has 1 heterocycles. The molecule has 7 heteroatoms. The Morgan fingerprint density at radius 1 is 1.18 bits per heavy atom. The van der Waals surface area contributed by atoms with Gasteiger partial charge in [0.1, 0.15) is 24.2 Å². The van der Waals surface area contributed by atoms with E-state index in [-0.39, 0.29) is 34.8 Å². The number of amides is 1. The molecule has 2 aromatic rings. The van der Waals surface area contributed by atoms with Gasteiger partial charge in [-0.3, -0.25) is 4.79 Å². The van der Waals surface area contributed by atoms with Gasteiger partial charge in [-0.25, -0.2) is 0 Å². The Morgan fingerprint density at radius 3 is 2.41 bits per heavy atom. The summed E-state index contributed by atoms with van der Waals surface area (Å²) >= 11 is 6.17. The smallest absolute Gasteiger partial charge is 0.251 e. The summed E-state index contributed by atoms with van der Waals surface area (Å²) in [5, 5.41) is 12.7. The Labute approximate surface area is 205 Å². The zero-order valence-corrected chi connectivity index (χ0v) is 20.7. The third-order valence-electron chi connectivity index (χ3n) is 7.34. The molecule has 1 amide bonds. The Kier molecular flexibility index (Phi) is 6.35. The van der Waals surface area contributed by atoms with Crippen molar-refractivity contribution >= 4 is 29.5 Å². The van der Waals surface area contributed by atoms with Crippen LogP contribution in [0.5, 0.6) is 5.75 Å². The number of rotatable bonds is 6. The van der Waals surface area contributed by atoms with Crippen molar-refractivity contribution in [3.05, 3.63) is 58.6 Å². The van der Waals surface area contributed by atoms with Gasteiger partial charge in [0.15, 0.2) is 0 Å². The molecule has 34 heavy (non-hydrogen) atoms. The molecule has 2 fully saturated rings. The van der Waals surface area contributed by atoms with Gasteiger partial charge in [-0.2, -0.15) is 5.26 Å². The number of nitrogens with zero attached hydrogens (tertiary/aromatic N) is 2. The molecule has 1 saturated heterocycles. The SMILES string of the molecule is CC1(C)C(NC(=O)c2ccc(N3CCC(C=O)C3)cc2)C(C)(C)C1Oc1ccc(C#N)c(Cl)c1. The summed E-state index contributed by atoms with van der Waals surface area (Å²) in [5.74, 6) is 0.570. The highest BCUT2D eigenvalue weighted by Gasteiger charge is 2.64. The maximum absolute atomic E-state index is 13.1. The van der Waals surface area contributed by atoms with Gasteiger partial charge in [0.25, 0.3) is 5.91 Å². The summed E-state index contributed by atoms with van der Waals surface area (Å²) in [6.07, 6.45) is 1.74. The van der Waals surface area contributed by atoms with E-state index in [0.717, 1.165) is 31.5 Å². The van der Waals surface area contributed by atoms with Crippen molar-refractivity contribution in [1.82, 2.24) is 5.32 Å². The van der Waals surface area contributed by atoms with Crippen LogP contribution >= 0.6 is 11.6 Å². The summed E-state index contributed by atoms with van der Waals surface area (Å²) in [7, 11) is 0. The third-order valence-corrected chi connectivity index (χ3v) is 7.65. The number of benzene rings is 2. The number of hydrogen-bond acceptors (Lipinski definition) is 5. The molecule has 0 bridgehead atoms. The molecule has 2 aromatic carbocycles. The van der Waals surface area contributed by atoms with E-state index >= 15 is 0 Å². The first-order chi connectivity index (χ1) is 16.1. The van der Waals surface area contributed by atoms with Crippen molar-refractivity contribution in [2.45, 2.75) is 46.3 Å². The van der Waals surface area contributed by atoms with Crippen molar-refractivity contribution in [2.24, 2.45) is 16.7 Å². The number of aldehydes is 1. The van der Waals surface area contributed by atoms with Gasteiger partial charge in [0, 0.05) is 53.2 Å². The van der Waals surface area contributed by atoms with Crippen molar-refractivity contribution in [3.8, 4) is 11.8 Å². The molecule has 0 aromatic heterocycles. The van der Waals surface area contributed by atoms with Crippen LogP contribution in [0, 0.1) is 28.1 Å². The molecule has 2 aliphatic rings. The predicted octanol–water partition coefficient (Wildman–Crippen LogP) is 4.85. The maximum Gasteiger partial charge on any atom is 0.251 e. The van der Waals surface area contributed by atoms with Gasteiger partial charge in [0.2, 0.25) is 0 Å². The Balaban J connectivity index is 1.42. The minimum absolute atomic E-state index is 0.0847. The van der Waals surface area contributed by atoms with Gasteiger partial charge in [-0.1, -0.05) is 39.3 Å². The van der Waals surface area contributed by atoms with Crippen LogP contribution in [0.1, 0.15) is 50.0 Å². The summed E-state index contributed by atoms with van der Waals surface area (Å²) in [4.78, 5) is 26.3. The topological polar surface area (TPSA) is 82.4 Å². The lowest BCUT2D eigenvalue weighted by molar-refractivity contribution is -0.164. The normalized spacial score (nSPS) is 24.6. The minimum atomic E-state index is -0.321. The van der Waals surface area contributed by atoms with Crippen molar-refractivity contribution in [3.63, 3.8) is 0 Å². The average molecular weight is 480 g/mol. The lowest BCUT2D eigenvalue weighted by Crippen LogP contribution is -2.74. The second kappa shape index (κ2) is 8.96. The van der Waals surface area contributed by atoms with E-state index < -0.39 is 0 Å². The van der Waals surface area contributed by atoms with Gasteiger partial charge < -0.3 is 19.7 Å².